The number of nitrogens with zero attached hydrogens (tertiary/aromatic N) is 1. The van der Waals surface area contributed by atoms with Crippen molar-refractivity contribution >= 4 is 23.4 Å². The smallest absolute Gasteiger partial charge is 0.323 e. The molecular formula is C25H24N4O3. The van der Waals surface area contributed by atoms with Gasteiger partial charge < -0.3 is 25.6 Å². The van der Waals surface area contributed by atoms with Gasteiger partial charge in [0.15, 0.2) is 0 Å². The molecule has 4 amide bonds. The molecule has 0 aromatic heterocycles. The molecule has 2 aliphatic rings. The number of carbonyl (C=O) groups is 2. The Hall–Kier alpha value is -4.00. The summed E-state index contributed by atoms with van der Waals surface area (Å²) in [5.41, 5.74) is 4.61. The van der Waals surface area contributed by atoms with Crippen LogP contribution in [0.5, 0.6) is 5.75 Å². The SMILES string of the molecule is O=C(Nc1ccccc1)Nc1cccc2c1CCN(C(=O)NC1COc3ccccc31)C2. The van der Waals surface area contributed by atoms with Crippen LogP contribution in [0.1, 0.15) is 22.7 Å². The fourth-order valence-corrected chi connectivity index (χ4v) is 4.23. The number of rotatable bonds is 3. The van der Waals surface area contributed by atoms with E-state index < -0.39 is 0 Å². The van der Waals surface area contributed by atoms with E-state index in [1.54, 1.807) is 4.90 Å². The summed E-state index contributed by atoms with van der Waals surface area (Å²) < 4.78 is 5.67. The molecular weight excluding hydrogens is 404 g/mol. The van der Waals surface area contributed by atoms with Crippen molar-refractivity contribution in [2.45, 2.75) is 19.0 Å². The summed E-state index contributed by atoms with van der Waals surface area (Å²) in [5.74, 6) is 0.825. The third-order valence-electron chi connectivity index (χ3n) is 5.83. The lowest BCUT2D eigenvalue weighted by molar-refractivity contribution is 0.185. The molecule has 0 saturated carbocycles. The van der Waals surface area contributed by atoms with Gasteiger partial charge >= 0.3 is 12.1 Å². The van der Waals surface area contributed by atoms with Gasteiger partial charge in [-0.05, 0) is 41.8 Å². The van der Waals surface area contributed by atoms with Crippen molar-refractivity contribution in [3.05, 3.63) is 89.5 Å². The maximum Gasteiger partial charge on any atom is 0.323 e. The first-order valence-corrected chi connectivity index (χ1v) is 10.7. The van der Waals surface area contributed by atoms with Crippen molar-refractivity contribution in [1.82, 2.24) is 10.2 Å². The Morgan fingerprint density at radius 1 is 0.906 bits per heavy atom. The van der Waals surface area contributed by atoms with Gasteiger partial charge in [0.25, 0.3) is 0 Å². The second-order valence-corrected chi connectivity index (χ2v) is 7.91. The predicted octanol–water partition coefficient (Wildman–Crippen LogP) is 4.53. The highest BCUT2D eigenvalue weighted by Crippen LogP contribution is 2.32. The molecule has 3 aromatic carbocycles. The molecule has 3 aromatic rings. The second kappa shape index (κ2) is 8.63. The molecule has 1 atom stereocenters. The predicted molar refractivity (Wildman–Crippen MR) is 123 cm³/mol. The largest absolute Gasteiger partial charge is 0.491 e. The molecule has 7 heteroatoms. The monoisotopic (exact) mass is 428 g/mol. The maximum atomic E-state index is 12.9. The number of benzene rings is 3. The first-order valence-electron chi connectivity index (χ1n) is 10.7. The van der Waals surface area contributed by atoms with Crippen LogP contribution in [0.15, 0.2) is 72.8 Å². The highest BCUT2D eigenvalue weighted by molar-refractivity contribution is 6.00. The van der Waals surface area contributed by atoms with Crippen molar-refractivity contribution in [3.8, 4) is 5.75 Å². The number of para-hydroxylation sites is 2. The molecule has 2 aliphatic heterocycles. The van der Waals surface area contributed by atoms with Crippen molar-refractivity contribution < 1.29 is 14.3 Å². The number of amides is 4. The lowest BCUT2D eigenvalue weighted by Gasteiger charge is -2.31. The summed E-state index contributed by atoms with van der Waals surface area (Å²) in [6.45, 7) is 1.51. The summed E-state index contributed by atoms with van der Waals surface area (Å²) >= 11 is 0. The molecule has 0 fully saturated rings. The molecule has 0 saturated heterocycles. The van der Waals surface area contributed by atoms with Gasteiger partial charge in [-0.25, -0.2) is 9.59 Å². The van der Waals surface area contributed by atoms with E-state index in [-0.39, 0.29) is 18.1 Å². The zero-order valence-corrected chi connectivity index (χ0v) is 17.5. The molecule has 1 unspecified atom stereocenters. The van der Waals surface area contributed by atoms with E-state index in [0.717, 1.165) is 33.8 Å². The Kier molecular flexibility index (Phi) is 5.37. The lowest BCUT2D eigenvalue weighted by atomic mass is 9.98. The fourth-order valence-electron chi connectivity index (χ4n) is 4.23. The molecule has 0 radical (unpaired) electrons. The van der Waals surface area contributed by atoms with Gasteiger partial charge in [-0.3, -0.25) is 0 Å². The van der Waals surface area contributed by atoms with Gasteiger partial charge in [-0.2, -0.15) is 0 Å². The first-order chi connectivity index (χ1) is 15.7. The Bertz CT molecular complexity index is 1150. The number of fused-ring (bicyclic) bond motifs is 2. The number of anilines is 2. The van der Waals surface area contributed by atoms with Crippen molar-refractivity contribution in [2.24, 2.45) is 0 Å². The molecule has 32 heavy (non-hydrogen) atoms. The van der Waals surface area contributed by atoms with Crippen LogP contribution in [0.3, 0.4) is 0 Å². The summed E-state index contributed by atoms with van der Waals surface area (Å²) in [5, 5.41) is 8.87. The van der Waals surface area contributed by atoms with Gasteiger partial charge in [-0.1, -0.05) is 48.5 Å². The van der Waals surface area contributed by atoms with Crippen LogP contribution < -0.4 is 20.7 Å². The second-order valence-electron chi connectivity index (χ2n) is 7.91. The summed E-state index contributed by atoms with van der Waals surface area (Å²) in [7, 11) is 0. The molecule has 3 N–H and O–H groups in total. The van der Waals surface area contributed by atoms with E-state index in [0.29, 0.717) is 26.1 Å². The zero-order chi connectivity index (χ0) is 21.9. The molecule has 0 bridgehead atoms. The minimum absolute atomic E-state index is 0.110. The van der Waals surface area contributed by atoms with Gasteiger partial charge in [0.05, 0.1) is 6.04 Å². The fraction of sp³-hybridized carbons (Fsp3) is 0.200. The molecule has 162 valence electrons. The van der Waals surface area contributed by atoms with Gasteiger partial charge in [0.2, 0.25) is 0 Å². The Morgan fingerprint density at radius 2 is 1.72 bits per heavy atom. The lowest BCUT2D eigenvalue weighted by Crippen LogP contribution is -2.44. The van der Waals surface area contributed by atoms with Crippen molar-refractivity contribution in [3.63, 3.8) is 0 Å². The Morgan fingerprint density at radius 3 is 2.59 bits per heavy atom. The third-order valence-corrected chi connectivity index (χ3v) is 5.83. The van der Waals surface area contributed by atoms with E-state index in [9.17, 15) is 9.59 Å². The van der Waals surface area contributed by atoms with E-state index in [2.05, 4.69) is 16.0 Å². The molecule has 0 aliphatic carbocycles. The number of nitrogens with one attached hydrogen (secondary N) is 3. The van der Waals surface area contributed by atoms with E-state index >= 15 is 0 Å². The number of carbonyl (C=O) groups excluding carboxylic acids is 2. The summed E-state index contributed by atoms with van der Waals surface area (Å²) in [6, 6.07) is 22.4. The standard InChI is InChI=1S/C25H24N4O3/c30-24(26-18-8-2-1-3-9-18)27-21-11-6-7-17-15-29(14-13-19(17)21)25(31)28-22-16-32-23-12-5-4-10-20(22)23/h1-12,22H,13-16H2,(H,28,31)(H2,26,27,30). The van der Waals surface area contributed by atoms with E-state index in [1.807, 2.05) is 72.8 Å². The Labute approximate surface area is 186 Å². The van der Waals surface area contributed by atoms with Crippen LogP contribution in [-0.2, 0) is 13.0 Å². The van der Waals surface area contributed by atoms with Gasteiger partial charge in [0, 0.05) is 30.0 Å². The number of hydrogen-bond donors (Lipinski definition) is 3. The minimum atomic E-state index is -0.287. The van der Waals surface area contributed by atoms with Gasteiger partial charge in [-0.15, -0.1) is 0 Å². The quantitative estimate of drug-likeness (QED) is 0.573. The highest BCUT2D eigenvalue weighted by atomic mass is 16.5. The molecule has 7 nitrogen and oxygen atoms in total. The highest BCUT2D eigenvalue weighted by Gasteiger charge is 2.29. The maximum absolute atomic E-state index is 12.9. The van der Waals surface area contributed by atoms with Crippen molar-refractivity contribution in [2.75, 3.05) is 23.8 Å². The van der Waals surface area contributed by atoms with Crippen LogP contribution in [0.25, 0.3) is 0 Å². The Balaban J connectivity index is 1.24. The van der Waals surface area contributed by atoms with E-state index in [1.165, 1.54) is 0 Å². The number of urea groups is 2. The van der Waals surface area contributed by atoms with Crippen LogP contribution >= 0.6 is 0 Å². The summed E-state index contributed by atoms with van der Waals surface area (Å²) in [4.78, 5) is 27.1. The average molecular weight is 428 g/mol. The van der Waals surface area contributed by atoms with Crippen LogP contribution in [0.4, 0.5) is 21.0 Å². The van der Waals surface area contributed by atoms with Gasteiger partial charge in [0.1, 0.15) is 12.4 Å². The van der Waals surface area contributed by atoms with E-state index in [4.69, 9.17) is 4.74 Å². The third kappa shape index (κ3) is 4.09. The average Bonchev–Trinajstić information content (AvgIpc) is 3.22. The van der Waals surface area contributed by atoms with Crippen molar-refractivity contribution in [1.29, 1.82) is 0 Å². The number of hydrogen-bond acceptors (Lipinski definition) is 3. The normalized spacial score (nSPS) is 16.4. The zero-order valence-electron chi connectivity index (χ0n) is 17.5. The molecule has 0 spiro atoms. The van der Waals surface area contributed by atoms with Crippen LogP contribution in [-0.4, -0.2) is 30.1 Å². The van der Waals surface area contributed by atoms with Crippen LogP contribution in [0.2, 0.25) is 0 Å². The van der Waals surface area contributed by atoms with Crippen LogP contribution in [0, 0.1) is 0 Å². The first kappa shape index (κ1) is 19.9. The number of ether oxygens (including phenoxy) is 1. The summed E-state index contributed by atoms with van der Waals surface area (Å²) in [6.07, 6.45) is 0.669. The topological polar surface area (TPSA) is 82.7 Å². The minimum Gasteiger partial charge on any atom is -0.491 e. The molecule has 2 heterocycles. The molecule has 5 rings (SSSR count).